The smallest absolute Gasteiger partial charge is 0.328 e. The van der Waals surface area contributed by atoms with E-state index in [0.29, 0.717) is 5.56 Å². The number of carbonyl (C=O) groups excluding carboxylic acids is 2. The van der Waals surface area contributed by atoms with E-state index >= 15 is 0 Å². The zero-order valence-electron chi connectivity index (χ0n) is 13.0. The highest BCUT2D eigenvalue weighted by atomic mass is 16.6. The molecular weight excluding hydrogens is 290 g/mol. The van der Waals surface area contributed by atoms with Crippen molar-refractivity contribution in [3.63, 3.8) is 0 Å². The Kier molecular flexibility index (Phi) is 5.62. The van der Waals surface area contributed by atoms with Crippen LogP contribution >= 0.6 is 0 Å². The molecule has 0 heterocycles. The summed E-state index contributed by atoms with van der Waals surface area (Å²) < 4.78 is 9.88. The Morgan fingerprint density at radius 2 is 1.68 bits per heavy atom. The maximum atomic E-state index is 12.3. The number of hydrogen-bond donors (Lipinski definition) is 0. The number of nitrogens with zero attached hydrogens (tertiary/aromatic N) is 1. The van der Waals surface area contributed by atoms with Crippen molar-refractivity contribution in [1.82, 2.24) is 0 Å². The lowest BCUT2D eigenvalue weighted by Crippen LogP contribution is -2.44. The molecule has 0 unspecified atom stereocenters. The maximum absolute atomic E-state index is 12.3. The molecule has 0 saturated heterocycles. The first-order valence-corrected chi connectivity index (χ1v) is 6.88. The van der Waals surface area contributed by atoms with Crippen molar-refractivity contribution in [2.45, 2.75) is 33.1 Å². The molecule has 0 N–H and O–H groups in total. The molecule has 120 valence electrons. The van der Waals surface area contributed by atoms with Gasteiger partial charge in [-0.3, -0.25) is 19.7 Å². The molecule has 0 aromatic heterocycles. The van der Waals surface area contributed by atoms with E-state index in [9.17, 15) is 19.7 Å². The summed E-state index contributed by atoms with van der Waals surface area (Å²) >= 11 is 0. The van der Waals surface area contributed by atoms with Gasteiger partial charge < -0.3 is 9.47 Å². The van der Waals surface area contributed by atoms with Gasteiger partial charge in [-0.25, -0.2) is 0 Å². The zero-order valence-corrected chi connectivity index (χ0v) is 13.0. The van der Waals surface area contributed by atoms with Gasteiger partial charge in [-0.15, -0.1) is 0 Å². The average molecular weight is 309 g/mol. The van der Waals surface area contributed by atoms with E-state index in [1.165, 1.54) is 19.1 Å². The summed E-state index contributed by atoms with van der Waals surface area (Å²) in [6, 6.07) is 4.24. The highest BCUT2D eigenvalue weighted by Gasteiger charge is 2.49. The number of ether oxygens (including phenoxy) is 2. The van der Waals surface area contributed by atoms with Gasteiger partial charge >= 0.3 is 11.9 Å². The van der Waals surface area contributed by atoms with Crippen LogP contribution in [0.3, 0.4) is 0 Å². The highest BCUT2D eigenvalue weighted by Crippen LogP contribution is 2.35. The van der Waals surface area contributed by atoms with Crippen LogP contribution in [0.4, 0.5) is 5.69 Å². The van der Waals surface area contributed by atoms with Crippen molar-refractivity contribution in [3.05, 3.63) is 39.4 Å². The fraction of sp³-hybridized carbons (Fsp3) is 0.467. The third kappa shape index (κ3) is 3.24. The summed E-state index contributed by atoms with van der Waals surface area (Å²) in [7, 11) is 0. The first kappa shape index (κ1) is 17.6. The van der Waals surface area contributed by atoms with E-state index in [2.05, 4.69) is 0 Å². The fourth-order valence-corrected chi connectivity index (χ4v) is 2.06. The second-order valence-corrected chi connectivity index (χ2v) is 4.84. The Balaban J connectivity index is 3.58. The SMILES string of the molecule is CCOC(=O)C(C)(C(=O)OCC)c1cc(C)ccc1[N+](=O)[O-]. The Hall–Kier alpha value is -2.44. The second kappa shape index (κ2) is 7.02. The lowest BCUT2D eigenvalue weighted by Gasteiger charge is -2.25. The normalized spacial score (nSPS) is 10.9. The molecule has 0 fully saturated rings. The molecule has 0 aliphatic rings. The molecule has 22 heavy (non-hydrogen) atoms. The number of esters is 2. The quantitative estimate of drug-likeness (QED) is 0.346. The van der Waals surface area contributed by atoms with Crippen molar-refractivity contribution in [2.24, 2.45) is 0 Å². The molecule has 0 amide bonds. The van der Waals surface area contributed by atoms with E-state index in [4.69, 9.17) is 9.47 Å². The van der Waals surface area contributed by atoms with Crippen LogP contribution in [0.5, 0.6) is 0 Å². The van der Waals surface area contributed by atoms with Crippen LogP contribution in [0, 0.1) is 17.0 Å². The number of hydrogen-bond acceptors (Lipinski definition) is 6. The minimum Gasteiger partial charge on any atom is -0.465 e. The molecule has 0 spiro atoms. The molecule has 0 atom stereocenters. The van der Waals surface area contributed by atoms with Gasteiger partial charge in [-0.1, -0.05) is 11.6 Å². The Labute approximate surface area is 128 Å². The molecule has 0 radical (unpaired) electrons. The minimum atomic E-state index is -1.89. The van der Waals surface area contributed by atoms with Crippen LogP contribution in [0.2, 0.25) is 0 Å². The molecule has 1 rings (SSSR count). The van der Waals surface area contributed by atoms with E-state index in [-0.39, 0.29) is 24.5 Å². The van der Waals surface area contributed by atoms with Gasteiger partial charge in [0.2, 0.25) is 0 Å². The lowest BCUT2D eigenvalue weighted by molar-refractivity contribution is -0.386. The molecule has 1 aromatic carbocycles. The Bertz CT molecular complexity index is 578. The zero-order chi connectivity index (χ0) is 16.9. The number of nitro groups is 1. The molecule has 7 heteroatoms. The van der Waals surface area contributed by atoms with Crippen LogP contribution in [0.25, 0.3) is 0 Å². The number of nitro benzene ring substituents is 1. The van der Waals surface area contributed by atoms with Crippen molar-refractivity contribution in [3.8, 4) is 0 Å². The summed E-state index contributed by atoms with van der Waals surface area (Å²) in [4.78, 5) is 35.3. The number of rotatable bonds is 6. The van der Waals surface area contributed by atoms with Crippen LogP contribution in [0.1, 0.15) is 31.9 Å². The molecule has 0 aliphatic heterocycles. The topological polar surface area (TPSA) is 95.7 Å². The molecule has 0 bridgehead atoms. The first-order valence-electron chi connectivity index (χ1n) is 6.88. The summed E-state index contributed by atoms with van der Waals surface area (Å²) in [5, 5.41) is 11.2. The van der Waals surface area contributed by atoms with Crippen molar-refractivity contribution < 1.29 is 24.0 Å². The monoisotopic (exact) mass is 309 g/mol. The Morgan fingerprint density at radius 1 is 1.18 bits per heavy atom. The first-order chi connectivity index (χ1) is 10.3. The van der Waals surface area contributed by atoms with E-state index in [0.717, 1.165) is 0 Å². The predicted octanol–water partition coefficient (Wildman–Crippen LogP) is 2.29. The highest BCUT2D eigenvalue weighted by molar-refractivity contribution is 6.06. The predicted molar refractivity (Wildman–Crippen MR) is 78.5 cm³/mol. The minimum absolute atomic E-state index is 0.0330. The van der Waals surface area contributed by atoms with Gasteiger partial charge in [0.1, 0.15) is 0 Å². The summed E-state index contributed by atoms with van der Waals surface area (Å²) in [6.07, 6.45) is 0. The van der Waals surface area contributed by atoms with Gasteiger partial charge in [0.25, 0.3) is 5.69 Å². The van der Waals surface area contributed by atoms with Crippen molar-refractivity contribution in [2.75, 3.05) is 13.2 Å². The van der Waals surface area contributed by atoms with Crippen LogP contribution in [-0.2, 0) is 24.5 Å². The van der Waals surface area contributed by atoms with E-state index < -0.39 is 22.3 Å². The number of aryl methyl sites for hydroxylation is 1. The van der Waals surface area contributed by atoms with Crippen LogP contribution in [-0.4, -0.2) is 30.1 Å². The average Bonchev–Trinajstić information content (AvgIpc) is 2.46. The van der Waals surface area contributed by atoms with E-state index in [1.807, 2.05) is 0 Å². The lowest BCUT2D eigenvalue weighted by atomic mass is 9.80. The molecular formula is C15H19NO6. The van der Waals surface area contributed by atoms with Gasteiger partial charge in [0.05, 0.1) is 23.7 Å². The molecule has 7 nitrogen and oxygen atoms in total. The standard InChI is InChI=1S/C15H19NO6/c1-5-21-13(17)15(4,14(18)22-6-2)11-9-10(3)7-8-12(11)16(19)20/h7-9H,5-6H2,1-4H3. The maximum Gasteiger partial charge on any atom is 0.328 e. The second-order valence-electron chi connectivity index (χ2n) is 4.84. The third-order valence-corrected chi connectivity index (χ3v) is 3.25. The Morgan fingerprint density at radius 3 is 2.09 bits per heavy atom. The van der Waals surface area contributed by atoms with Gasteiger partial charge in [0, 0.05) is 6.07 Å². The van der Waals surface area contributed by atoms with Gasteiger partial charge in [-0.2, -0.15) is 0 Å². The van der Waals surface area contributed by atoms with Crippen LogP contribution < -0.4 is 0 Å². The largest absolute Gasteiger partial charge is 0.465 e. The number of benzene rings is 1. The molecule has 1 aromatic rings. The summed E-state index contributed by atoms with van der Waals surface area (Å²) in [5.74, 6) is -1.75. The van der Waals surface area contributed by atoms with E-state index in [1.54, 1.807) is 26.8 Å². The fourth-order valence-electron chi connectivity index (χ4n) is 2.06. The third-order valence-electron chi connectivity index (χ3n) is 3.25. The molecule has 0 aliphatic carbocycles. The molecule has 0 saturated carbocycles. The van der Waals surface area contributed by atoms with Crippen LogP contribution in [0.15, 0.2) is 18.2 Å². The van der Waals surface area contributed by atoms with Crippen molar-refractivity contribution in [1.29, 1.82) is 0 Å². The summed E-state index contributed by atoms with van der Waals surface area (Å²) in [5.41, 5.74) is -1.57. The van der Waals surface area contributed by atoms with Crippen molar-refractivity contribution >= 4 is 17.6 Å². The van der Waals surface area contributed by atoms with Gasteiger partial charge in [0.15, 0.2) is 5.41 Å². The number of carbonyl (C=O) groups is 2. The summed E-state index contributed by atoms with van der Waals surface area (Å²) in [6.45, 7) is 6.28. The van der Waals surface area contributed by atoms with Gasteiger partial charge in [-0.05, 0) is 33.8 Å².